The number of rotatable bonds is 10. The second kappa shape index (κ2) is 13.4. The van der Waals surface area contributed by atoms with Crippen LogP contribution in [0, 0.1) is 6.92 Å². The van der Waals surface area contributed by atoms with Crippen LogP contribution < -0.4 is 16.4 Å². The summed E-state index contributed by atoms with van der Waals surface area (Å²) in [5, 5.41) is 18.4. The fraction of sp³-hybridized carbons (Fsp3) is 0.375. The van der Waals surface area contributed by atoms with Gasteiger partial charge in [0.2, 0.25) is 11.8 Å². The first-order valence-corrected chi connectivity index (χ1v) is 13.9. The van der Waals surface area contributed by atoms with Gasteiger partial charge in [-0.1, -0.05) is 48.5 Å². The van der Waals surface area contributed by atoms with Crippen molar-refractivity contribution in [3.05, 3.63) is 71.8 Å². The number of aryl methyl sites for hydroxylation is 1. The third-order valence-corrected chi connectivity index (χ3v) is 6.59. The number of hydrogen-bond acceptors (Lipinski definition) is 6. The van der Waals surface area contributed by atoms with Crippen LogP contribution >= 0.6 is 0 Å². The van der Waals surface area contributed by atoms with Gasteiger partial charge >= 0.3 is 6.09 Å². The summed E-state index contributed by atoms with van der Waals surface area (Å²) in [4.78, 5) is 53.9. The highest BCUT2D eigenvalue weighted by Gasteiger charge is 2.39. The molecular weight excluding hydrogens is 536 g/mol. The first-order valence-electron chi connectivity index (χ1n) is 13.9. The van der Waals surface area contributed by atoms with Gasteiger partial charge in [0.05, 0.1) is 0 Å². The Morgan fingerprint density at radius 1 is 0.976 bits per heavy atom. The molecule has 0 radical (unpaired) electrons. The molecule has 10 nitrogen and oxygen atoms in total. The molecule has 0 bridgehead atoms. The van der Waals surface area contributed by atoms with E-state index in [2.05, 4.69) is 10.6 Å². The molecular formula is C32H40N4O6. The van der Waals surface area contributed by atoms with Gasteiger partial charge in [0.1, 0.15) is 23.4 Å². The summed E-state index contributed by atoms with van der Waals surface area (Å²) >= 11 is 0. The normalized spacial score (nSPS) is 12.8. The van der Waals surface area contributed by atoms with Gasteiger partial charge in [-0.3, -0.25) is 14.4 Å². The molecule has 2 atom stereocenters. The fourth-order valence-electron chi connectivity index (χ4n) is 4.65. The number of fused-ring (bicyclic) bond motifs is 1. The number of benzene rings is 3. The van der Waals surface area contributed by atoms with Gasteiger partial charge < -0.3 is 31.1 Å². The van der Waals surface area contributed by atoms with Crippen LogP contribution in [-0.4, -0.2) is 51.5 Å². The summed E-state index contributed by atoms with van der Waals surface area (Å²) in [7, 11) is 0. The molecule has 224 valence electrons. The predicted molar refractivity (Wildman–Crippen MR) is 162 cm³/mol. The molecule has 42 heavy (non-hydrogen) atoms. The first-order chi connectivity index (χ1) is 19.7. The molecule has 2 unspecified atom stereocenters. The van der Waals surface area contributed by atoms with Gasteiger partial charge in [0, 0.05) is 23.7 Å². The lowest BCUT2D eigenvalue weighted by molar-refractivity contribution is -0.143. The zero-order valence-corrected chi connectivity index (χ0v) is 24.9. The second-order valence-corrected chi connectivity index (χ2v) is 11.5. The molecule has 0 aliphatic rings. The number of para-hydroxylation sites is 1. The summed E-state index contributed by atoms with van der Waals surface area (Å²) in [6.45, 7) is 10.2. The zero-order chi connectivity index (χ0) is 31.2. The Balaban J connectivity index is 2.06. The molecule has 5 N–H and O–H groups in total. The van der Waals surface area contributed by atoms with E-state index in [1.165, 1.54) is 4.90 Å². The van der Waals surface area contributed by atoms with Crippen LogP contribution in [0.3, 0.4) is 0 Å². The highest BCUT2D eigenvalue weighted by molar-refractivity contribution is 6.01. The van der Waals surface area contributed by atoms with Crippen molar-refractivity contribution < 1.29 is 29.0 Å². The highest BCUT2D eigenvalue weighted by Crippen LogP contribution is 2.34. The molecule has 3 aromatic carbocycles. The van der Waals surface area contributed by atoms with Gasteiger partial charge in [-0.15, -0.1) is 0 Å². The predicted octanol–water partition coefficient (Wildman–Crippen LogP) is 4.93. The third-order valence-electron chi connectivity index (χ3n) is 6.59. The molecule has 4 amide bonds. The average molecular weight is 577 g/mol. The standard InChI is InChI=1S/C32H40N4O6/c1-19(2)36(30(40)25(16-17-26(33)37)35-31(41)42-32(4,5)6)27(24-13-9-10-20(3)28(24)38)29(39)34-23-15-14-21-11-7-8-12-22(21)18-23/h7-15,18-19,25,27,38H,16-17H2,1-6H3,(H2,33,37)(H,34,39)(H,35,41). The summed E-state index contributed by atoms with van der Waals surface area (Å²) in [5.74, 6) is -2.00. The van der Waals surface area contributed by atoms with Crippen molar-refractivity contribution in [1.29, 1.82) is 0 Å². The van der Waals surface area contributed by atoms with E-state index in [1.807, 2.05) is 36.4 Å². The van der Waals surface area contributed by atoms with E-state index < -0.39 is 47.5 Å². The summed E-state index contributed by atoms with van der Waals surface area (Å²) < 4.78 is 5.35. The van der Waals surface area contributed by atoms with E-state index in [0.717, 1.165) is 10.8 Å². The van der Waals surface area contributed by atoms with Crippen molar-refractivity contribution in [2.24, 2.45) is 5.73 Å². The lowest BCUT2D eigenvalue weighted by atomic mass is 9.97. The van der Waals surface area contributed by atoms with Gasteiger partial charge in [-0.05, 0) is 76.4 Å². The van der Waals surface area contributed by atoms with Crippen LogP contribution in [0.2, 0.25) is 0 Å². The lowest BCUT2D eigenvalue weighted by Gasteiger charge is -2.37. The zero-order valence-electron chi connectivity index (χ0n) is 24.9. The number of carbonyl (C=O) groups is 4. The number of phenols is 1. The van der Waals surface area contributed by atoms with Gasteiger partial charge in [0.25, 0.3) is 5.91 Å². The van der Waals surface area contributed by atoms with Crippen LogP contribution in [0.25, 0.3) is 10.8 Å². The third kappa shape index (κ3) is 8.22. The van der Waals surface area contributed by atoms with Gasteiger partial charge in [-0.2, -0.15) is 0 Å². The van der Waals surface area contributed by atoms with E-state index in [0.29, 0.717) is 11.3 Å². The quantitative estimate of drug-likeness (QED) is 0.269. The molecule has 3 rings (SSSR count). The Morgan fingerprint density at radius 3 is 2.26 bits per heavy atom. The number of carbonyl (C=O) groups excluding carboxylic acids is 4. The Hall–Kier alpha value is -4.60. The molecule has 0 aromatic heterocycles. The Kier molecular flexibility index (Phi) is 10.2. The molecule has 0 saturated heterocycles. The van der Waals surface area contributed by atoms with Crippen molar-refractivity contribution in [2.45, 2.75) is 78.1 Å². The van der Waals surface area contributed by atoms with Crippen molar-refractivity contribution in [1.82, 2.24) is 10.2 Å². The number of nitrogens with zero attached hydrogens (tertiary/aromatic N) is 1. The van der Waals surface area contributed by atoms with Crippen LogP contribution in [0.15, 0.2) is 60.7 Å². The number of phenolic OH excluding ortho intramolecular Hbond substituents is 1. The highest BCUT2D eigenvalue weighted by atomic mass is 16.6. The van der Waals surface area contributed by atoms with E-state index in [9.17, 15) is 24.3 Å². The minimum atomic E-state index is -1.29. The molecule has 0 aliphatic carbocycles. The number of hydrogen-bond donors (Lipinski definition) is 4. The molecule has 0 fully saturated rings. The Bertz CT molecular complexity index is 1460. The molecule has 0 aliphatic heterocycles. The maximum absolute atomic E-state index is 14.2. The van der Waals surface area contributed by atoms with Crippen LogP contribution in [-0.2, 0) is 19.1 Å². The number of alkyl carbamates (subject to hydrolysis) is 1. The maximum Gasteiger partial charge on any atom is 0.408 e. The largest absolute Gasteiger partial charge is 0.507 e. The number of primary amides is 1. The lowest BCUT2D eigenvalue weighted by Crippen LogP contribution is -2.54. The molecule has 0 spiro atoms. The second-order valence-electron chi connectivity index (χ2n) is 11.5. The van der Waals surface area contributed by atoms with E-state index in [1.54, 1.807) is 65.8 Å². The topological polar surface area (TPSA) is 151 Å². The van der Waals surface area contributed by atoms with Crippen LogP contribution in [0.4, 0.5) is 10.5 Å². The minimum Gasteiger partial charge on any atom is -0.507 e. The van der Waals surface area contributed by atoms with Crippen molar-refractivity contribution in [3.63, 3.8) is 0 Å². The smallest absolute Gasteiger partial charge is 0.408 e. The number of amides is 4. The van der Waals surface area contributed by atoms with Crippen molar-refractivity contribution in [3.8, 4) is 5.75 Å². The SMILES string of the molecule is Cc1cccc(C(C(=O)Nc2ccc3ccccc3c2)N(C(=O)C(CCC(N)=O)NC(=O)OC(C)(C)C)C(C)C)c1O. The van der Waals surface area contributed by atoms with Crippen LogP contribution in [0.1, 0.15) is 64.6 Å². The minimum absolute atomic E-state index is 0.116. The Morgan fingerprint density at radius 2 is 1.64 bits per heavy atom. The van der Waals surface area contributed by atoms with E-state index >= 15 is 0 Å². The Labute approximate surface area is 246 Å². The van der Waals surface area contributed by atoms with Gasteiger partial charge in [-0.25, -0.2) is 4.79 Å². The number of anilines is 1. The first kappa shape index (κ1) is 31.9. The summed E-state index contributed by atoms with van der Waals surface area (Å²) in [6.07, 6.45) is -1.17. The molecule has 10 heteroatoms. The average Bonchev–Trinajstić information content (AvgIpc) is 2.89. The van der Waals surface area contributed by atoms with Gasteiger partial charge in [0.15, 0.2) is 0 Å². The number of ether oxygens (including phenoxy) is 1. The van der Waals surface area contributed by atoms with Crippen molar-refractivity contribution >= 4 is 40.3 Å². The summed E-state index contributed by atoms with van der Waals surface area (Å²) in [5.41, 5.74) is 5.76. The fourth-order valence-corrected chi connectivity index (χ4v) is 4.65. The molecule has 0 saturated carbocycles. The number of aromatic hydroxyl groups is 1. The number of nitrogens with two attached hydrogens (primary N) is 1. The maximum atomic E-state index is 14.2. The molecule has 3 aromatic rings. The number of nitrogens with one attached hydrogen (secondary N) is 2. The molecule has 0 heterocycles. The van der Waals surface area contributed by atoms with Crippen molar-refractivity contribution in [2.75, 3.05) is 5.32 Å². The summed E-state index contributed by atoms with van der Waals surface area (Å²) in [6, 6.07) is 15.0. The van der Waals surface area contributed by atoms with Crippen LogP contribution in [0.5, 0.6) is 5.75 Å². The van der Waals surface area contributed by atoms with E-state index in [4.69, 9.17) is 10.5 Å². The monoisotopic (exact) mass is 576 g/mol. The van der Waals surface area contributed by atoms with E-state index in [-0.39, 0.29) is 24.2 Å².